The molecule has 0 atom stereocenters. The molecule has 26 heavy (non-hydrogen) atoms. The smallest absolute Gasteiger partial charge is 0.243 e. The van der Waals surface area contributed by atoms with Crippen molar-refractivity contribution in [1.29, 1.82) is 0 Å². The lowest BCUT2D eigenvalue weighted by molar-refractivity contribution is 0.346. The Bertz CT molecular complexity index is 867. The standard InChI is InChI=1S/C18H23FN4O2S/c1-2-15-17(19)18(22-13-21-15)20-12-14-8-4-5-9-16(14)26(24,25)23-10-6-3-7-11-23/h4-5,8-9,13H,2-3,6-7,10-12H2,1H3,(H,20,21,22). The average molecular weight is 378 g/mol. The summed E-state index contributed by atoms with van der Waals surface area (Å²) in [6.07, 6.45) is 4.59. The molecular formula is C18H23FN4O2S. The highest BCUT2D eigenvalue weighted by atomic mass is 32.2. The maximum atomic E-state index is 14.3. The number of halogens is 1. The normalized spacial score (nSPS) is 15.8. The number of aromatic nitrogens is 2. The Morgan fingerprint density at radius 3 is 2.62 bits per heavy atom. The third-order valence-corrected chi connectivity index (χ3v) is 6.55. The predicted molar refractivity (Wildman–Crippen MR) is 97.7 cm³/mol. The van der Waals surface area contributed by atoms with Crippen LogP contribution in [0.2, 0.25) is 0 Å². The fourth-order valence-electron chi connectivity index (χ4n) is 3.10. The molecule has 8 heteroatoms. The Morgan fingerprint density at radius 1 is 1.15 bits per heavy atom. The monoisotopic (exact) mass is 378 g/mol. The summed E-state index contributed by atoms with van der Waals surface area (Å²) < 4.78 is 41.8. The molecule has 0 aliphatic carbocycles. The molecule has 1 fully saturated rings. The van der Waals surface area contributed by atoms with Crippen LogP contribution in [0.4, 0.5) is 10.2 Å². The van der Waals surface area contributed by atoms with Gasteiger partial charge in [-0.2, -0.15) is 4.31 Å². The number of piperidine rings is 1. The molecule has 140 valence electrons. The summed E-state index contributed by atoms with van der Waals surface area (Å²) in [7, 11) is -3.55. The van der Waals surface area contributed by atoms with E-state index in [9.17, 15) is 12.8 Å². The van der Waals surface area contributed by atoms with Crippen molar-refractivity contribution in [1.82, 2.24) is 14.3 Å². The molecule has 2 heterocycles. The number of sulfonamides is 1. The van der Waals surface area contributed by atoms with Crippen LogP contribution in [-0.2, 0) is 23.0 Å². The molecule has 2 aromatic rings. The van der Waals surface area contributed by atoms with Gasteiger partial charge in [0.15, 0.2) is 11.6 Å². The van der Waals surface area contributed by atoms with Crippen molar-refractivity contribution in [2.45, 2.75) is 44.0 Å². The van der Waals surface area contributed by atoms with Crippen molar-refractivity contribution in [2.75, 3.05) is 18.4 Å². The molecule has 0 unspecified atom stereocenters. The highest BCUT2D eigenvalue weighted by Crippen LogP contribution is 2.24. The summed E-state index contributed by atoms with van der Waals surface area (Å²) in [5.74, 6) is -0.409. The van der Waals surface area contributed by atoms with Crippen LogP contribution in [0, 0.1) is 5.82 Å². The minimum atomic E-state index is -3.55. The van der Waals surface area contributed by atoms with Gasteiger partial charge in [0.25, 0.3) is 0 Å². The second-order valence-corrected chi connectivity index (χ2v) is 8.17. The van der Waals surface area contributed by atoms with Crippen LogP contribution in [0.1, 0.15) is 37.4 Å². The van der Waals surface area contributed by atoms with E-state index >= 15 is 0 Å². The molecule has 1 aromatic heterocycles. The van der Waals surface area contributed by atoms with E-state index in [2.05, 4.69) is 15.3 Å². The molecule has 0 amide bonds. The van der Waals surface area contributed by atoms with E-state index in [1.165, 1.54) is 10.6 Å². The van der Waals surface area contributed by atoms with E-state index in [-0.39, 0.29) is 17.3 Å². The summed E-state index contributed by atoms with van der Waals surface area (Å²) in [6, 6.07) is 6.83. The van der Waals surface area contributed by atoms with Crippen molar-refractivity contribution < 1.29 is 12.8 Å². The lowest BCUT2D eigenvalue weighted by atomic mass is 10.2. The van der Waals surface area contributed by atoms with Crippen LogP contribution >= 0.6 is 0 Å². The first kappa shape index (κ1) is 18.7. The number of hydrogen-bond acceptors (Lipinski definition) is 5. The van der Waals surface area contributed by atoms with Gasteiger partial charge in [-0.05, 0) is 30.9 Å². The molecule has 3 rings (SSSR count). The zero-order chi connectivity index (χ0) is 18.6. The summed E-state index contributed by atoms with van der Waals surface area (Å²) in [6.45, 7) is 3.07. The Hall–Kier alpha value is -2.06. The van der Waals surface area contributed by atoms with Crippen LogP contribution < -0.4 is 5.32 Å². The third-order valence-electron chi connectivity index (χ3n) is 4.55. The van der Waals surface area contributed by atoms with Crippen LogP contribution in [0.3, 0.4) is 0 Å². The van der Waals surface area contributed by atoms with Gasteiger partial charge in [0.1, 0.15) is 6.33 Å². The molecule has 0 spiro atoms. The molecule has 0 bridgehead atoms. The summed E-state index contributed by atoms with van der Waals surface area (Å²) in [4.78, 5) is 8.09. The maximum absolute atomic E-state index is 14.3. The van der Waals surface area contributed by atoms with Crippen molar-refractivity contribution in [3.05, 3.63) is 47.7 Å². The van der Waals surface area contributed by atoms with Gasteiger partial charge in [-0.3, -0.25) is 0 Å². The fraction of sp³-hybridized carbons (Fsp3) is 0.444. The number of nitrogens with one attached hydrogen (secondary N) is 1. The fourth-order valence-corrected chi connectivity index (χ4v) is 4.84. The SMILES string of the molecule is CCc1ncnc(NCc2ccccc2S(=O)(=O)N2CCCCC2)c1F. The molecule has 1 N–H and O–H groups in total. The number of anilines is 1. The van der Waals surface area contributed by atoms with Gasteiger partial charge < -0.3 is 5.32 Å². The maximum Gasteiger partial charge on any atom is 0.243 e. The largest absolute Gasteiger partial charge is 0.363 e. The zero-order valence-electron chi connectivity index (χ0n) is 14.8. The molecule has 1 saturated heterocycles. The first-order valence-electron chi connectivity index (χ1n) is 8.85. The minimum absolute atomic E-state index is 0.0852. The Balaban J connectivity index is 1.84. The zero-order valence-corrected chi connectivity index (χ0v) is 15.6. The molecule has 0 radical (unpaired) electrons. The van der Waals surface area contributed by atoms with Gasteiger partial charge in [-0.25, -0.2) is 22.8 Å². The van der Waals surface area contributed by atoms with Crippen LogP contribution in [-0.4, -0.2) is 35.8 Å². The number of rotatable bonds is 6. The van der Waals surface area contributed by atoms with Gasteiger partial charge in [0.2, 0.25) is 10.0 Å². The molecule has 1 aromatic carbocycles. The molecular weight excluding hydrogens is 355 g/mol. The molecule has 1 aliphatic heterocycles. The topological polar surface area (TPSA) is 75.2 Å². The number of hydrogen-bond donors (Lipinski definition) is 1. The Morgan fingerprint density at radius 2 is 1.88 bits per heavy atom. The molecule has 1 aliphatic rings. The van der Waals surface area contributed by atoms with Gasteiger partial charge in [0, 0.05) is 19.6 Å². The quantitative estimate of drug-likeness (QED) is 0.836. The van der Waals surface area contributed by atoms with E-state index in [1.807, 2.05) is 6.92 Å². The number of benzene rings is 1. The van der Waals surface area contributed by atoms with E-state index < -0.39 is 15.8 Å². The number of nitrogens with zero attached hydrogens (tertiary/aromatic N) is 3. The van der Waals surface area contributed by atoms with Crippen molar-refractivity contribution in [3.63, 3.8) is 0 Å². The first-order valence-corrected chi connectivity index (χ1v) is 10.3. The van der Waals surface area contributed by atoms with Gasteiger partial charge >= 0.3 is 0 Å². The van der Waals surface area contributed by atoms with Crippen LogP contribution in [0.5, 0.6) is 0 Å². The van der Waals surface area contributed by atoms with Crippen molar-refractivity contribution in [3.8, 4) is 0 Å². The number of aryl methyl sites for hydroxylation is 1. The second-order valence-electron chi connectivity index (χ2n) is 6.26. The summed E-state index contributed by atoms with van der Waals surface area (Å²) in [5, 5.41) is 2.91. The van der Waals surface area contributed by atoms with Crippen molar-refractivity contribution >= 4 is 15.8 Å². The van der Waals surface area contributed by atoms with E-state index in [0.717, 1.165) is 19.3 Å². The molecule has 6 nitrogen and oxygen atoms in total. The van der Waals surface area contributed by atoms with Gasteiger partial charge in [-0.15, -0.1) is 0 Å². The van der Waals surface area contributed by atoms with Crippen LogP contribution in [0.15, 0.2) is 35.5 Å². The Kier molecular flexibility index (Phi) is 5.83. The average Bonchev–Trinajstić information content (AvgIpc) is 2.68. The van der Waals surface area contributed by atoms with Gasteiger partial charge in [-0.1, -0.05) is 31.5 Å². The second kappa shape index (κ2) is 8.09. The van der Waals surface area contributed by atoms with Crippen molar-refractivity contribution in [2.24, 2.45) is 0 Å². The third kappa shape index (κ3) is 3.86. The van der Waals surface area contributed by atoms with Gasteiger partial charge in [0.05, 0.1) is 10.6 Å². The predicted octanol–water partition coefficient (Wildman–Crippen LogP) is 2.96. The molecule has 0 saturated carbocycles. The van der Waals surface area contributed by atoms with E-state index in [4.69, 9.17) is 0 Å². The van der Waals surface area contributed by atoms with Crippen LogP contribution in [0.25, 0.3) is 0 Å². The highest BCUT2D eigenvalue weighted by Gasteiger charge is 2.27. The van der Waals surface area contributed by atoms with E-state index in [1.54, 1.807) is 24.3 Å². The Labute approximate surface area is 153 Å². The minimum Gasteiger partial charge on any atom is -0.363 e. The van der Waals surface area contributed by atoms with E-state index in [0.29, 0.717) is 30.8 Å². The first-order chi connectivity index (χ1) is 12.5. The summed E-state index contributed by atoms with van der Waals surface area (Å²) >= 11 is 0. The lowest BCUT2D eigenvalue weighted by Gasteiger charge is -2.26. The lowest BCUT2D eigenvalue weighted by Crippen LogP contribution is -2.36. The highest BCUT2D eigenvalue weighted by molar-refractivity contribution is 7.89. The summed E-state index contributed by atoms with van der Waals surface area (Å²) in [5.41, 5.74) is 0.922.